The highest BCUT2D eigenvalue weighted by Gasteiger charge is 2.24. The molecule has 5 rings (SSSR count). The number of aromatic amines is 1. The Kier molecular flexibility index (Phi) is 3.22. The Morgan fingerprint density at radius 2 is 1.92 bits per heavy atom. The number of benzene rings is 2. The van der Waals surface area contributed by atoms with Crippen LogP contribution < -0.4 is 14.0 Å². The quantitative estimate of drug-likeness (QED) is 0.577. The van der Waals surface area contributed by atoms with Crippen LogP contribution in [0.15, 0.2) is 54.7 Å². The van der Waals surface area contributed by atoms with Crippen molar-refractivity contribution in [2.75, 3.05) is 6.79 Å². The van der Waals surface area contributed by atoms with Gasteiger partial charge in [-0.05, 0) is 24.3 Å². The second-order valence-corrected chi connectivity index (χ2v) is 6.52. The summed E-state index contributed by atoms with van der Waals surface area (Å²) in [5, 5.41) is 2.30. The summed E-state index contributed by atoms with van der Waals surface area (Å²) in [6.07, 6.45) is 1.98. The third-order valence-corrected chi connectivity index (χ3v) is 4.73. The Morgan fingerprint density at radius 1 is 1.08 bits per heavy atom. The molecule has 2 aromatic heterocycles. The van der Waals surface area contributed by atoms with Gasteiger partial charge in [0, 0.05) is 29.3 Å². The molecule has 0 saturated heterocycles. The molecule has 5 nitrogen and oxygen atoms in total. The lowest BCUT2D eigenvalue weighted by molar-refractivity contribution is -0.672. The van der Waals surface area contributed by atoms with Crippen LogP contribution in [0, 0.1) is 0 Å². The molecule has 0 bridgehead atoms. The Balaban J connectivity index is 1.83. The molecule has 1 N–H and O–H groups in total. The zero-order valence-electron chi connectivity index (χ0n) is 14.3. The van der Waals surface area contributed by atoms with E-state index >= 15 is 0 Å². The van der Waals surface area contributed by atoms with Crippen LogP contribution in [0.25, 0.3) is 33.1 Å². The lowest BCUT2D eigenvalue weighted by atomic mass is 10.1. The molecule has 0 unspecified atom stereocenters. The number of para-hydroxylation sites is 1. The van der Waals surface area contributed by atoms with Gasteiger partial charge >= 0.3 is 0 Å². The van der Waals surface area contributed by atoms with E-state index < -0.39 is 0 Å². The fraction of sp³-hybridized carbons (Fsp3) is 0.143. The van der Waals surface area contributed by atoms with Gasteiger partial charge < -0.3 is 14.5 Å². The molecule has 1 aliphatic rings. The maximum absolute atomic E-state index is 11.8. The Morgan fingerprint density at radius 3 is 2.81 bits per heavy atom. The highest BCUT2D eigenvalue weighted by atomic mass is 16.7. The molecule has 0 amide bonds. The number of aromatic nitrogens is 2. The van der Waals surface area contributed by atoms with E-state index in [1.165, 1.54) is 5.39 Å². The topological polar surface area (TPSA) is 55.2 Å². The molecule has 3 heterocycles. The first kappa shape index (κ1) is 15.0. The third kappa shape index (κ3) is 2.24. The summed E-state index contributed by atoms with van der Waals surface area (Å²) >= 11 is 0. The molecule has 4 aromatic rings. The molecule has 0 spiro atoms. The van der Waals surface area contributed by atoms with E-state index in [2.05, 4.69) is 23.2 Å². The summed E-state index contributed by atoms with van der Waals surface area (Å²) < 4.78 is 13.0. The number of Topliss-reactive ketones (excluding diaryl/α,β-unsaturated/α-hetero) is 1. The number of hydrogen-bond acceptors (Lipinski definition) is 3. The normalized spacial score (nSPS) is 12.8. The molecule has 2 aromatic carbocycles. The zero-order chi connectivity index (χ0) is 17.7. The fourth-order valence-electron chi connectivity index (χ4n) is 3.63. The maximum atomic E-state index is 11.8. The highest BCUT2D eigenvalue weighted by molar-refractivity contribution is 6.10. The van der Waals surface area contributed by atoms with E-state index in [1.807, 2.05) is 41.1 Å². The van der Waals surface area contributed by atoms with Crippen molar-refractivity contribution in [3.63, 3.8) is 0 Å². The van der Waals surface area contributed by atoms with E-state index in [9.17, 15) is 4.79 Å². The van der Waals surface area contributed by atoms with Crippen molar-refractivity contribution in [1.82, 2.24) is 4.98 Å². The Hall–Kier alpha value is -3.34. The molecule has 5 heteroatoms. The number of pyridine rings is 1. The van der Waals surface area contributed by atoms with Crippen LogP contribution in [0.4, 0.5) is 0 Å². The Bertz CT molecular complexity index is 1180. The van der Waals surface area contributed by atoms with Crippen LogP contribution in [0.1, 0.15) is 6.92 Å². The third-order valence-electron chi connectivity index (χ3n) is 4.73. The minimum atomic E-state index is 0.104. The monoisotopic (exact) mass is 345 g/mol. The molecule has 0 radical (unpaired) electrons. The predicted molar refractivity (Wildman–Crippen MR) is 98.2 cm³/mol. The van der Waals surface area contributed by atoms with Crippen LogP contribution in [-0.2, 0) is 11.3 Å². The van der Waals surface area contributed by atoms with Crippen LogP contribution in [-0.4, -0.2) is 17.6 Å². The van der Waals surface area contributed by atoms with Gasteiger partial charge in [-0.1, -0.05) is 18.2 Å². The van der Waals surface area contributed by atoms with Crippen LogP contribution in [0.2, 0.25) is 0 Å². The summed E-state index contributed by atoms with van der Waals surface area (Å²) in [6.45, 7) is 2.16. The van der Waals surface area contributed by atoms with Gasteiger partial charge in [-0.25, -0.2) is 0 Å². The molecular formula is C21H17N2O3+. The molecule has 0 fully saturated rings. The van der Waals surface area contributed by atoms with Crippen molar-refractivity contribution in [2.24, 2.45) is 0 Å². The average molecular weight is 345 g/mol. The Labute approximate surface area is 149 Å². The minimum Gasteiger partial charge on any atom is -0.454 e. The largest absolute Gasteiger partial charge is 0.454 e. The first-order valence-electron chi connectivity index (χ1n) is 8.53. The number of carbonyl (C=O) groups excluding carboxylic acids is 1. The van der Waals surface area contributed by atoms with Gasteiger partial charge in [-0.2, -0.15) is 4.57 Å². The molecule has 0 aliphatic carbocycles. The van der Waals surface area contributed by atoms with E-state index in [-0.39, 0.29) is 12.6 Å². The van der Waals surface area contributed by atoms with Gasteiger partial charge in [0.15, 0.2) is 23.5 Å². The number of carbonyl (C=O) groups is 1. The highest BCUT2D eigenvalue weighted by Crippen LogP contribution is 2.37. The van der Waals surface area contributed by atoms with Crippen molar-refractivity contribution >= 4 is 27.6 Å². The van der Waals surface area contributed by atoms with Gasteiger partial charge in [-0.15, -0.1) is 0 Å². The second kappa shape index (κ2) is 5.59. The first-order chi connectivity index (χ1) is 12.7. The summed E-state index contributed by atoms with van der Waals surface area (Å²) in [7, 11) is 0. The SMILES string of the molecule is CC(=O)C[n+]1ccc2c([nH]c3ccccc32)c1-c1ccc2c(c1)OCO2. The van der Waals surface area contributed by atoms with E-state index in [4.69, 9.17) is 9.47 Å². The molecule has 128 valence electrons. The summed E-state index contributed by atoms with van der Waals surface area (Å²) in [5.74, 6) is 1.58. The van der Waals surface area contributed by atoms with Gasteiger partial charge in [0.25, 0.3) is 0 Å². The van der Waals surface area contributed by atoms with Crippen molar-refractivity contribution in [3.8, 4) is 22.8 Å². The van der Waals surface area contributed by atoms with Crippen LogP contribution in [0.3, 0.4) is 0 Å². The van der Waals surface area contributed by atoms with Gasteiger partial charge in [0.05, 0.1) is 5.56 Å². The smallest absolute Gasteiger partial charge is 0.237 e. The number of rotatable bonds is 3. The number of ketones is 1. The van der Waals surface area contributed by atoms with Crippen LogP contribution >= 0.6 is 0 Å². The van der Waals surface area contributed by atoms with Gasteiger partial charge in [0.1, 0.15) is 5.52 Å². The minimum absolute atomic E-state index is 0.104. The van der Waals surface area contributed by atoms with Crippen molar-refractivity contribution in [1.29, 1.82) is 0 Å². The molecular weight excluding hydrogens is 328 g/mol. The molecule has 0 atom stereocenters. The average Bonchev–Trinajstić information content (AvgIpc) is 3.24. The van der Waals surface area contributed by atoms with Gasteiger partial charge in [0.2, 0.25) is 19.0 Å². The summed E-state index contributed by atoms with van der Waals surface area (Å²) in [5.41, 5.74) is 4.03. The fourth-order valence-corrected chi connectivity index (χ4v) is 3.63. The molecule has 26 heavy (non-hydrogen) atoms. The number of nitrogens with one attached hydrogen (secondary N) is 1. The standard InChI is InChI=1S/C21H16N2O3/c1-13(24)11-23-9-8-16-15-4-2-3-5-17(15)22-20(16)21(23)14-6-7-18-19(10-14)26-12-25-18/h2-10H,11-12H2,1H3/p+1. The number of ether oxygens (including phenoxy) is 2. The number of fused-ring (bicyclic) bond motifs is 4. The molecule has 0 saturated carbocycles. The van der Waals surface area contributed by atoms with E-state index in [0.717, 1.165) is 39.2 Å². The maximum Gasteiger partial charge on any atom is 0.237 e. The van der Waals surface area contributed by atoms with Crippen molar-refractivity contribution in [3.05, 3.63) is 54.7 Å². The first-order valence-corrected chi connectivity index (χ1v) is 8.53. The summed E-state index contributed by atoms with van der Waals surface area (Å²) in [6, 6.07) is 16.2. The molecule has 1 aliphatic heterocycles. The second-order valence-electron chi connectivity index (χ2n) is 6.52. The number of nitrogens with zero attached hydrogens (tertiary/aromatic N) is 1. The lowest BCUT2D eigenvalue weighted by Crippen LogP contribution is -2.39. The summed E-state index contributed by atoms with van der Waals surface area (Å²) in [4.78, 5) is 15.3. The van der Waals surface area contributed by atoms with Crippen molar-refractivity contribution in [2.45, 2.75) is 13.5 Å². The predicted octanol–water partition coefficient (Wildman–Crippen LogP) is 3.59. The van der Waals surface area contributed by atoms with Gasteiger partial charge in [-0.3, -0.25) is 4.79 Å². The van der Waals surface area contributed by atoms with Crippen molar-refractivity contribution < 1.29 is 18.8 Å². The van der Waals surface area contributed by atoms with E-state index in [0.29, 0.717) is 6.54 Å². The zero-order valence-corrected chi connectivity index (χ0v) is 14.3. The lowest BCUT2D eigenvalue weighted by Gasteiger charge is -2.06. The van der Waals surface area contributed by atoms with Crippen LogP contribution in [0.5, 0.6) is 11.5 Å². The number of H-pyrrole nitrogens is 1. The van der Waals surface area contributed by atoms with E-state index in [1.54, 1.807) is 6.92 Å². The number of hydrogen-bond donors (Lipinski definition) is 1.